The van der Waals surface area contributed by atoms with Crippen LogP contribution in [0.15, 0.2) is 23.4 Å². The van der Waals surface area contributed by atoms with E-state index in [-0.39, 0.29) is 0 Å². The van der Waals surface area contributed by atoms with Crippen molar-refractivity contribution < 1.29 is 0 Å². The molecule has 3 N–H and O–H groups in total. The van der Waals surface area contributed by atoms with Gasteiger partial charge in [-0.2, -0.15) is 5.10 Å². The van der Waals surface area contributed by atoms with Crippen molar-refractivity contribution in [2.75, 3.05) is 17.3 Å². The van der Waals surface area contributed by atoms with Gasteiger partial charge in [-0.3, -0.25) is 5.43 Å². The quantitative estimate of drug-likeness (QED) is 0.488. The Hall–Kier alpha value is -1.91. The molecule has 0 bridgehead atoms. The first kappa shape index (κ1) is 10.2. The van der Waals surface area contributed by atoms with E-state index in [4.69, 9.17) is 5.41 Å². The van der Waals surface area contributed by atoms with Crippen molar-refractivity contribution in [3.63, 3.8) is 0 Å². The van der Waals surface area contributed by atoms with Crippen LogP contribution in [-0.4, -0.2) is 24.0 Å². The monoisotopic (exact) mass is 191 g/mol. The van der Waals surface area contributed by atoms with Gasteiger partial charge in [-0.1, -0.05) is 0 Å². The zero-order valence-corrected chi connectivity index (χ0v) is 7.99. The number of pyridine rings is 1. The number of hydrogen-bond donors (Lipinski definition) is 3. The molecule has 0 amide bonds. The van der Waals surface area contributed by atoms with Crippen LogP contribution < -0.4 is 10.7 Å². The Kier molecular flexibility index (Phi) is 4.13. The van der Waals surface area contributed by atoms with Crippen molar-refractivity contribution in [2.45, 2.75) is 6.92 Å². The van der Waals surface area contributed by atoms with Gasteiger partial charge < -0.3 is 10.7 Å². The summed E-state index contributed by atoms with van der Waals surface area (Å²) in [5.74, 6) is 0.657. The Balaban J connectivity index is 2.54. The van der Waals surface area contributed by atoms with Crippen molar-refractivity contribution in [3.05, 3.63) is 18.3 Å². The molecule has 0 saturated carbocycles. The molecule has 0 atom stereocenters. The summed E-state index contributed by atoms with van der Waals surface area (Å²) in [5, 5.41) is 13.6. The molecule has 74 valence electrons. The smallest absolute Gasteiger partial charge is 0.146 e. The molecule has 0 aliphatic rings. The second-order valence-electron chi connectivity index (χ2n) is 2.52. The van der Waals surface area contributed by atoms with E-state index in [1.54, 1.807) is 6.20 Å². The lowest BCUT2D eigenvalue weighted by Crippen LogP contribution is -1.98. The van der Waals surface area contributed by atoms with E-state index in [1.807, 2.05) is 19.1 Å². The molecule has 0 aliphatic carbocycles. The van der Waals surface area contributed by atoms with Crippen LogP contribution in [0.2, 0.25) is 0 Å². The number of anilines is 2. The molecule has 0 fully saturated rings. The van der Waals surface area contributed by atoms with Crippen molar-refractivity contribution in [1.82, 2.24) is 4.98 Å². The summed E-state index contributed by atoms with van der Waals surface area (Å²) in [6.07, 6.45) is 4.17. The molecular formula is C9H13N5. The van der Waals surface area contributed by atoms with Crippen LogP contribution in [0.1, 0.15) is 6.92 Å². The predicted molar refractivity (Wildman–Crippen MR) is 59.3 cm³/mol. The molecule has 0 aliphatic heterocycles. The molecule has 1 rings (SSSR count). The van der Waals surface area contributed by atoms with Crippen molar-refractivity contribution in [1.29, 1.82) is 5.41 Å². The topological polar surface area (TPSA) is 73.2 Å². The van der Waals surface area contributed by atoms with Gasteiger partial charge in [-0.25, -0.2) is 4.98 Å². The van der Waals surface area contributed by atoms with Gasteiger partial charge in [0.2, 0.25) is 0 Å². The number of nitrogens with one attached hydrogen (secondary N) is 3. The summed E-state index contributed by atoms with van der Waals surface area (Å²) in [6.45, 7) is 2.90. The minimum atomic E-state index is 0.657. The third kappa shape index (κ3) is 3.22. The molecule has 14 heavy (non-hydrogen) atoms. The van der Waals surface area contributed by atoms with Crippen LogP contribution in [0.5, 0.6) is 0 Å². The number of hydrogen-bond acceptors (Lipinski definition) is 5. The largest absolute Gasteiger partial charge is 0.384 e. The summed E-state index contributed by atoms with van der Waals surface area (Å²) in [6, 6.07) is 3.73. The Labute approximate surface area is 82.8 Å². The van der Waals surface area contributed by atoms with Gasteiger partial charge in [0.05, 0.1) is 18.1 Å². The second-order valence-corrected chi connectivity index (χ2v) is 2.52. The molecule has 5 nitrogen and oxygen atoms in total. The lowest BCUT2D eigenvalue weighted by molar-refractivity contribution is 1.18. The molecule has 0 unspecified atom stereocenters. The maximum atomic E-state index is 6.71. The molecular weight excluding hydrogens is 178 g/mol. The summed E-state index contributed by atoms with van der Waals surface area (Å²) in [5.41, 5.74) is 3.67. The van der Waals surface area contributed by atoms with Gasteiger partial charge in [0.15, 0.2) is 0 Å². The number of aromatic nitrogens is 1. The van der Waals surface area contributed by atoms with Crippen LogP contribution in [0, 0.1) is 5.41 Å². The summed E-state index contributed by atoms with van der Waals surface area (Å²) >= 11 is 0. The normalized spacial score (nSPS) is 10.1. The van der Waals surface area contributed by atoms with Crippen molar-refractivity contribution in [2.24, 2.45) is 5.10 Å². The number of nitrogens with zero attached hydrogens (tertiary/aromatic N) is 2. The van der Waals surface area contributed by atoms with Crippen LogP contribution in [0.25, 0.3) is 0 Å². The van der Waals surface area contributed by atoms with Crippen molar-refractivity contribution >= 4 is 23.9 Å². The zero-order chi connectivity index (χ0) is 10.2. The minimum Gasteiger partial charge on any atom is -0.384 e. The fourth-order valence-electron chi connectivity index (χ4n) is 0.909. The number of rotatable bonds is 5. The second kappa shape index (κ2) is 5.69. The van der Waals surface area contributed by atoms with Crippen LogP contribution >= 0.6 is 0 Å². The minimum absolute atomic E-state index is 0.657. The summed E-state index contributed by atoms with van der Waals surface area (Å²) < 4.78 is 0. The van der Waals surface area contributed by atoms with Gasteiger partial charge in [-0.15, -0.1) is 0 Å². The lowest BCUT2D eigenvalue weighted by Gasteiger charge is -2.03. The maximum Gasteiger partial charge on any atom is 0.146 e. The SMILES string of the molecule is CCNc1ccc(N/N=C\C=N)nc1. The zero-order valence-electron chi connectivity index (χ0n) is 7.99. The van der Waals surface area contributed by atoms with Crippen LogP contribution in [0.3, 0.4) is 0 Å². The molecule has 0 radical (unpaired) electrons. The Morgan fingerprint density at radius 1 is 1.57 bits per heavy atom. The average molecular weight is 191 g/mol. The third-order valence-electron chi connectivity index (χ3n) is 1.47. The van der Waals surface area contributed by atoms with Gasteiger partial charge in [0.25, 0.3) is 0 Å². The van der Waals surface area contributed by atoms with Crippen LogP contribution in [0.4, 0.5) is 11.5 Å². The first-order valence-corrected chi connectivity index (χ1v) is 4.35. The summed E-state index contributed by atoms with van der Waals surface area (Å²) in [4.78, 5) is 4.11. The fraction of sp³-hybridized carbons (Fsp3) is 0.222. The highest BCUT2D eigenvalue weighted by atomic mass is 15.3. The molecule has 0 saturated heterocycles. The van der Waals surface area contributed by atoms with Gasteiger partial charge in [0, 0.05) is 12.8 Å². The maximum absolute atomic E-state index is 6.71. The van der Waals surface area contributed by atoms with Gasteiger partial charge in [0.1, 0.15) is 5.82 Å². The van der Waals surface area contributed by atoms with Gasteiger partial charge >= 0.3 is 0 Å². The number of hydrazone groups is 1. The van der Waals surface area contributed by atoms with E-state index in [9.17, 15) is 0 Å². The molecule has 0 aromatic carbocycles. The van der Waals surface area contributed by atoms with E-state index in [1.165, 1.54) is 6.21 Å². The standard InChI is InChI=1S/C9H13N5/c1-2-11-8-3-4-9(12-7-8)14-13-6-5-10/h3-7,10-11H,2H2,1H3,(H,12,14)/b10-5?,13-6-. The molecule has 1 heterocycles. The Bertz CT molecular complexity index is 303. The first-order chi connectivity index (χ1) is 6.86. The van der Waals surface area contributed by atoms with Crippen molar-refractivity contribution in [3.8, 4) is 0 Å². The predicted octanol–water partition coefficient (Wildman–Crippen LogP) is 1.56. The molecule has 1 aromatic rings. The van der Waals surface area contributed by atoms with E-state index >= 15 is 0 Å². The van der Waals surface area contributed by atoms with E-state index < -0.39 is 0 Å². The highest BCUT2D eigenvalue weighted by Crippen LogP contribution is 2.08. The van der Waals surface area contributed by atoms with E-state index in [0.717, 1.165) is 18.4 Å². The summed E-state index contributed by atoms with van der Waals surface area (Å²) in [7, 11) is 0. The first-order valence-electron chi connectivity index (χ1n) is 4.35. The van der Waals surface area contributed by atoms with E-state index in [0.29, 0.717) is 5.82 Å². The highest BCUT2D eigenvalue weighted by molar-refractivity contribution is 6.14. The lowest BCUT2D eigenvalue weighted by atomic mass is 10.4. The molecule has 5 heteroatoms. The van der Waals surface area contributed by atoms with Crippen LogP contribution in [-0.2, 0) is 0 Å². The third-order valence-corrected chi connectivity index (χ3v) is 1.47. The van der Waals surface area contributed by atoms with E-state index in [2.05, 4.69) is 20.8 Å². The molecule has 1 aromatic heterocycles. The average Bonchev–Trinajstić information content (AvgIpc) is 2.21. The fourth-order valence-corrected chi connectivity index (χ4v) is 0.909. The Morgan fingerprint density at radius 2 is 2.43 bits per heavy atom. The molecule has 0 spiro atoms. The Morgan fingerprint density at radius 3 is 3.00 bits per heavy atom. The van der Waals surface area contributed by atoms with Gasteiger partial charge in [-0.05, 0) is 19.1 Å². The highest BCUT2D eigenvalue weighted by Gasteiger charge is 1.91.